The summed E-state index contributed by atoms with van der Waals surface area (Å²) >= 11 is 0. The number of ether oxygens (including phenoxy) is 1. The molecular weight excluding hydrogens is 322 g/mol. The fraction of sp³-hybridized carbons (Fsp3) is 0.474. The molecule has 1 heterocycles. The lowest BCUT2D eigenvalue weighted by Crippen LogP contribution is -2.43. The minimum atomic E-state index is -1.08. The summed E-state index contributed by atoms with van der Waals surface area (Å²) in [4.78, 5) is 23.8. The van der Waals surface area contributed by atoms with E-state index in [1.807, 2.05) is 45.0 Å². The van der Waals surface area contributed by atoms with Crippen LogP contribution in [0.1, 0.15) is 45.8 Å². The SMILES string of the molecule is CC(C(=O)NC(CCOC(C)(C)C)C(=O)O)c1cc2ccccc2o1. The molecule has 6 nitrogen and oxygen atoms in total. The van der Waals surface area contributed by atoms with Crippen molar-refractivity contribution >= 4 is 22.8 Å². The number of carboxylic acid groups (broad SMARTS) is 1. The Morgan fingerprint density at radius 3 is 2.56 bits per heavy atom. The average Bonchev–Trinajstić information content (AvgIpc) is 2.95. The van der Waals surface area contributed by atoms with Gasteiger partial charge in [0.1, 0.15) is 17.4 Å². The van der Waals surface area contributed by atoms with Crippen LogP contribution in [0.3, 0.4) is 0 Å². The standard InChI is InChI=1S/C19H25NO5/c1-12(16-11-13-7-5-6-8-15(13)25-16)17(21)20-14(18(22)23)9-10-24-19(2,3)4/h5-8,11-12,14H,9-10H2,1-4H3,(H,20,21)(H,22,23). The van der Waals surface area contributed by atoms with Crippen LogP contribution in [-0.4, -0.2) is 35.2 Å². The molecule has 25 heavy (non-hydrogen) atoms. The van der Waals surface area contributed by atoms with Gasteiger partial charge in [0.2, 0.25) is 5.91 Å². The lowest BCUT2D eigenvalue weighted by molar-refractivity contribution is -0.143. The second kappa shape index (κ2) is 7.70. The first-order valence-electron chi connectivity index (χ1n) is 8.33. The molecule has 136 valence electrons. The third-order valence-electron chi connectivity index (χ3n) is 3.82. The largest absolute Gasteiger partial charge is 0.480 e. The molecule has 0 saturated carbocycles. The van der Waals surface area contributed by atoms with Gasteiger partial charge in [-0.05, 0) is 39.8 Å². The number of hydrogen-bond acceptors (Lipinski definition) is 4. The van der Waals surface area contributed by atoms with E-state index >= 15 is 0 Å². The number of nitrogens with one attached hydrogen (secondary N) is 1. The van der Waals surface area contributed by atoms with Gasteiger partial charge in [-0.3, -0.25) is 4.79 Å². The third-order valence-corrected chi connectivity index (χ3v) is 3.82. The summed E-state index contributed by atoms with van der Waals surface area (Å²) in [5.74, 6) is -1.54. The van der Waals surface area contributed by atoms with Crippen molar-refractivity contribution in [2.75, 3.05) is 6.61 Å². The van der Waals surface area contributed by atoms with E-state index in [1.165, 1.54) is 0 Å². The van der Waals surface area contributed by atoms with Crippen molar-refractivity contribution in [3.05, 3.63) is 36.1 Å². The van der Waals surface area contributed by atoms with Gasteiger partial charge in [-0.1, -0.05) is 18.2 Å². The summed E-state index contributed by atoms with van der Waals surface area (Å²) in [5.41, 5.74) is 0.347. The van der Waals surface area contributed by atoms with Gasteiger partial charge in [-0.25, -0.2) is 4.79 Å². The number of furan rings is 1. The van der Waals surface area contributed by atoms with Crippen LogP contribution in [0.25, 0.3) is 11.0 Å². The molecule has 1 aromatic heterocycles. The van der Waals surface area contributed by atoms with E-state index in [-0.39, 0.29) is 24.5 Å². The van der Waals surface area contributed by atoms with E-state index in [9.17, 15) is 14.7 Å². The summed E-state index contributed by atoms with van der Waals surface area (Å²) in [6.45, 7) is 7.62. The number of hydrogen-bond donors (Lipinski definition) is 2. The van der Waals surface area contributed by atoms with Crippen molar-refractivity contribution in [1.82, 2.24) is 5.32 Å². The molecule has 6 heteroatoms. The molecule has 0 bridgehead atoms. The second-order valence-electron chi connectivity index (χ2n) is 7.06. The van der Waals surface area contributed by atoms with Crippen LogP contribution < -0.4 is 5.32 Å². The van der Waals surface area contributed by atoms with Crippen LogP contribution in [-0.2, 0) is 14.3 Å². The number of rotatable bonds is 7. The van der Waals surface area contributed by atoms with Gasteiger partial charge in [-0.2, -0.15) is 0 Å². The number of carbonyl (C=O) groups is 2. The van der Waals surface area contributed by atoms with Crippen LogP contribution in [0, 0.1) is 0 Å². The van der Waals surface area contributed by atoms with Gasteiger partial charge in [0.15, 0.2) is 0 Å². The fourth-order valence-electron chi connectivity index (χ4n) is 2.38. The molecule has 2 atom stereocenters. The minimum absolute atomic E-state index is 0.200. The highest BCUT2D eigenvalue weighted by Crippen LogP contribution is 2.25. The summed E-state index contributed by atoms with van der Waals surface area (Å²) in [6.07, 6.45) is 0.200. The number of amides is 1. The Hall–Kier alpha value is -2.34. The molecule has 2 aromatic rings. The Balaban J connectivity index is 2.00. The molecule has 2 unspecified atom stereocenters. The van der Waals surface area contributed by atoms with Gasteiger partial charge in [0.05, 0.1) is 11.5 Å². The highest BCUT2D eigenvalue weighted by molar-refractivity contribution is 5.88. The Morgan fingerprint density at radius 1 is 1.28 bits per heavy atom. The first-order valence-corrected chi connectivity index (χ1v) is 8.33. The Labute approximate surface area is 147 Å². The zero-order valence-corrected chi connectivity index (χ0v) is 15.0. The van der Waals surface area contributed by atoms with Gasteiger partial charge in [-0.15, -0.1) is 0 Å². The molecule has 2 N–H and O–H groups in total. The van der Waals surface area contributed by atoms with Gasteiger partial charge in [0, 0.05) is 18.4 Å². The predicted octanol–water partition coefficient (Wildman–Crippen LogP) is 3.31. The molecule has 0 radical (unpaired) electrons. The number of carbonyl (C=O) groups excluding carboxylic acids is 1. The first kappa shape index (κ1) is 19.0. The van der Waals surface area contributed by atoms with E-state index in [2.05, 4.69) is 5.32 Å². The first-order chi connectivity index (χ1) is 11.7. The predicted molar refractivity (Wildman–Crippen MR) is 94.5 cm³/mol. The van der Waals surface area contributed by atoms with Gasteiger partial charge < -0.3 is 19.6 Å². The molecule has 2 rings (SSSR count). The van der Waals surface area contributed by atoms with Crippen LogP contribution in [0.15, 0.2) is 34.7 Å². The van der Waals surface area contributed by atoms with E-state index in [1.54, 1.807) is 13.0 Å². The molecule has 0 aliphatic heterocycles. The van der Waals surface area contributed by atoms with E-state index in [4.69, 9.17) is 9.15 Å². The Kier molecular flexibility index (Phi) is 5.85. The lowest BCUT2D eigenvalue weighted by atomic mass is 10.1. The smallest absolute Gasteiger partial charge is 0.326 e. The third kappa shape index (κ3) is 5.32. The number of fused-ring (bicyclic) bond motifs is 1. The number of para-hydroxylation sites is 1. The molecule has 0 spiro atoms. The summed E-state index contributed by atoms with van der Waals surface area (Å²) in [5, 5.41) is 12.8. The number of aliphatic carboxylic acids is 1. The zero-order valence-electron chi connectivity index (χ0n) is 15.0. The van der Waals surface area contributed by atoms with E-state index in [0.717, 1.165) is 5.39 Å². The lowest BCUT2D eigenvalue weighted by Gasteiger charge is -2.22. The number of carboxylic acids is 1. The summed E-state index contributed by atoms with van der Waals surface area (Å²) in [7, 11) is 0. The second-order valence-corrected chi connectivity index (χ2v) is 7.06. The van der Waals surface area contributed by atoms with Gasteiger partial charge in [0.25, 0.3) is 0 Å². The minimum Gasteiger partial charge on any atom is -0.480 e. The number of benzene rings is 1. The molecule has 1 aromatic carbocycles. The quantitative estimate of drug-likeness (QED) is 0.802. The monoisotopic (exact) mass is 347 g/mol. The van der Waals surface area contributed by atoms with Crippen LogP contribution in [0.4, 0.5) is 0 Å². The highest BCUT2D eigenvalue weighted by atomic mass is 16.5. The molecule has 0 fully saturated rings. The molecule has 0 saturated heterocycles. The van der Waals surface area contributed by atoms with Gasteiger partial charge >= 0.3 is 5.97 Å². The van der Waals surface area contributed by atoms with E-state index < -0.39 is 17.9 Å². The fourth-order valence-corrected chi connectivity index (χ4v) is 2.38. The van der Waals surface area contributed by atoms with Crippen LogP contribution in [0.5, 0.6) is 0 Å². The maximum atomic E-state index is 12.4. The Bertz CT molecular complexity index is 711. The normalized spacial score (nSPS) is 14.2. The summed E-state index contributed by atoms with van der Waals surface area (Å²) in [6, 6.07) is 8.28. The maximum Gasteiger partial charge on any atom is 0.326 e. The highest BCUT2D eigenvalue weighted by Gasteiger charge is 2.26. The Morgan fingerprint density at radius 2 is 1.96 bits per heavy atom. The van der Waals surface area contributed by atoms with E-state index in [0.29, 0.717) is 11.3 Å². The van der Waals surface area contributed by atoms with Crippen molar-refractivity contribution in [1.29, 1.82) is 0 Å². The molecule has 0 aliphatic carbocycles. The van der Waals surface area contributed by atoms with Crippen molar-refractivity contribution in [3.63, 3.8) is 0 Å². The van der Waals surface area contributed by atoms with Crippen molar-refractivity contribution in [3.8, 4) is 0 Å². The van der Waals surface area contributed by atoms with Crippen LogP contribution in [0.2, 0.25) is 0 Å². The van der Waals surface area contributed by atoms with Crippen molar-refractivity contribution < 1.29 is 23.8 Å². The maximum absolute atomic E-state index is 12.4. The molecular formula is C19H25NO5. The zero-order chi connectivity index (χ0) is 18.6. The topological polar surface area (TPSA) is 88.8 Å². The van der Waals surface area contributed by atoms with Crippen molar-refractivity contribution in [2.45, 2.75) is 51.7 Å². The average molecular weight is 347 g/mol. The van der Waals surface area contributed by atoms with Crippen molar-refractivity contribution in [2.24, 2.45) is 0 Å². The molecule has 0 aliphatic rings. The van der Waals surface area contributed by atoms with Crippen LogP contribution >= 0.6 is 0 Å². The molecule has 1 amide bonds. The summed E-state index contributed by atoms with van der Waals surface area (Å²) < 4.78 is 11.2.